The quantitative estimate of drug-likeness (QED) is 0.694. The molecule has 0 aliphatic heterocycles. The predicted molar refractivity (Wildman–Crippen MR) is 83.5 cm³/mol. The highest BCUT2D eigenvalue weighted by molar-refractivity contribution is 6.31. The molecule has 2 rings (SSSR count). The third-order valence-corrected chi connectivity index (χ3v) is 3.40. The zero-order chi connectivity index (χ0) is 15.2. The van der Waals surface area contributed by atoms with Gasteiger partial charge >= 0.3 is 0 Å². The molecule has 21 heavy (non-hydrogen) atoms. The number of hydrogen-bond donors (Lipinski definition) is 1. The summed E-state index contributed by atoms with van der Waals surface area (Å²) >= 11 is 6.13. The lowest BCUT2D eigenvalue weighted by Gasteiger charge is -2.05. The van der Waals surface area contributed by atoms with E-state index in [1.807, 2.05) is 48.5 Å². The van der Waals surface area contributed by atoms with Crippen LogP contribution in [0.4, 0.5) is 0 Å². The van der Waals surface area contributed by atoms with E-state index >= 15 is 0 Å². The first-order chi connectivity index (χ1) is 10.1. The van der Waals surface area contributed by atoms with Crippen LogP contribution in [0.15, 0.2) is 54.1 Å². The maximum atomic E-state index is 11.0. The van der Waals surface area contributed by atoms with Gasteiger partial charge < -0.3 is 5.73 Å². The minimum atomic E-state index is -0.724. The molecule has 2 aromatic carbocycles. The third kappa shape index (κ3) is 3.95. The third-order valence-electron chi connectivity index (χ3n) is 3.03. The molecule has 0 heterocycles. The SMILES string of the molecule is N#C/C(=C\c1ccc(Cc2ccccc2Cl)cc1)C(N)=O. The second kappa shape index (κ2) is 6.74. The van der Waals surface area contributed by atoms with Gasteiger partial charge in [0.2, 0.25) is 0 Å². The molecule has 2 aromatic rings. The lowest BCUT2D eigenvalue weighted by molar-refractivity contribution is -0.114. The van der Waals surface area contributed by atoms with Crippen LogP contribution < -0.4 is 5.73 Å². The Hall–Kier alpha value is -2.57. The summed E-state index contributed by atoms with van der Waals surface area (Å²) in [7, 11) is 0. The Balaban J connectivity index is 2.19. The molecule has 4 heteroatoms. The lowest BCUT2D eigenvalue weighted by Crippen LogP contribution is -2.12. The Bertz CT molecular complexity index is 727. The van der Waals surface area contributed by atoms with Crippen molar-refractivity contribution in [3.8, 4) is 6.07 Å². The topological polar surface area (TPSA) is 66.9 Å². The first-order valence-corrected chi connectivity index (χ1v) is 6.72. The van der Waals surface area contributed by atoms with E-state index in [1.54, 1.807) is 6.07 Å². The van der Waals surface area contributed by atoms with E-state index in [1.165, 1.54) is 6.08 Å². The smallest absolute Gasteiger partial charge is 0.259 e. The maximum absolute atomic E-state index is 11.0. The second-order valence-corrected chi connectivity index (χ2v) is 4.95. The van der Waals surface area contributed by atoms with Crippen molar-refractivity contribution in [2.45, 2.75) is 6.42 Å². The molecule has 0 unspecified atom stereocenters. The van der Waals surface area contributed by atoms with Crippen LogP contribution in [0.25, 0.3) is 6.08 Å². The molecule has 0 atom stereocenters. The summed E-state index contributed by atoms with van der Waals surface area (Å²) in [4.78, 5) is 11.0. The van der Waals surface area contributed by atoms with Crippen LogP contribution in [0.3, 0.4) is 0 Å². The van der Waals surface area contributed by atoms with Crippen molar-refractivity contribution in [1.82, 2.24) is 0 Å². The van der Waals surface area contributed by atoms with Crippen LogP contribution in [0.2, 0.25) is 5.02 Å². The number of nitriles is 1. The van der Waals surface area contributed by atoms with E-state index in [-0.39, 0.29) is 5.57 Å². The molecular formula is C17H13ClN2O. The molecule has 3 nitrogen and oxygen atoms in total. The zero-order valence-electron chi connectivity index (χ0n) is 11.2. The number of nitrogens with two attached hydrogens (primary N) is 1. The molecule has 1 amide bonds. The van der Waals surface area contributed by atoms with Crippen molar-refractivity contribution in [2.24, 2.45) is 5.73 Å². The molecule has 0 aliphatic carbocycles. The normalized spacial score (nSPS) is 11.0. The first-order valence-electron chi connectivity index (χ1n) is 6.34. The summed E-state index contributed by atoms with van der Waals surface area (Å²) in [5, 5.41) is 9.54. The second-order valence-electron chi connectivity index (χ2n) is 4.54. The molecule has 0 bridgehead atoms. The summed E-state index contributed by atoms with van der Waals surface area (Å²) in [5.41, 5.74) is 7.94. The number of nitrogens with zero attached hydrogens (tertiary/aromatic N) is 1. The molecule has 104 valence electrons. The van der Waals surface area contributed by atoms with Gasteiger partial charge in [0.25, 0.3) is 5.91 Å². The average molecular weight is 297 g/mol. The van der Waals surface area contributed by atoms with E-state index < -0.39 is 5.91 Å². The van der Waals surface area contributed by atoms with Gasteiger partial charge in [-0.05, 0) is 35.3 Å². The molecular weight excluding hydrogens is 284 g/mol. The number of halogens is 1. The van der Waals surface area contributed by atoms with Crippen LogP contribution in [0.5, 0.6) is 0 Å². The summed E-state index contributed by atoms with van der Waals surface area (Å²) in [5.74, 6) is -0.724. The van der Waals surface area contributed by atoms with Crippen molar-refractivity contribution in [3.05, 3.63) is 75.8 Å². The van der Waals surface area contributed by atoms with E-state index in [0.29, 0.717) is 0 Å². The summed E-state index contributed by atoms with van der Waals surface area (Å²) < 4.78 is 0. The largest absolute Gasteiger partial charge is 0.365 e. The fraction of sp³-hybridized carbons (Fsp3) is 0.0588. The Morgan fingerprint density at radius 3 is 2.43 bits per heavy atom. The van der Waals surface area contributed by atoms with Gasteiger partial charge in [0.15, 0.2) is 0 Å². The Kier molecular flexibility index (Phi) is 4.76. The van der Waals surface area contributed by atoms with Crippen molar-refractivity contribution in [3.63, 3.8) is 0 Å². The standard InChI is InChI=1S/C17H13ClN2O/c18-16-4-2-1-3-14(16)9-12-5-7-13(8-6-12)10-15(11-19)17(20)21/h1-8,10H,9H2,(H2,20,21)/b15-10+. The van der Waals surface area contributed by atoms with Crippen LogP contribution in [0.1, 0.15) is 16.7 Å². The van der Waals surface area contributed by atoms with Gasteiger partial charge in [-0.25, -0.2) is 0 Å². The molecule has 0 fully saturated rings. The van der Waals surface area contributed by atoms with E-state index in [2.05, 4.69) is 0 Å². The van der Waals surface area contributed by atoms with Crippen LogP contribution in [-0.2, 0) is 11.2 Å². The Labute approximate surface area is 128 Å². The highest BCUT2D eigenvalue weighted by atomic mass is 35.5. The fourth-order valence-electron chi connectivity index (χ4n) is 1.92. The minimum Gasteiger partial charge on any atom is -0.365 e. The van der Waals surface area contributed by atoms with Gasteiger partial charge in [-0.2, -0.15) is 5.26 Å². The average Bonchev–Trinajstić information content (AvgIpc) is 2.48. The highest BCUT2D eigenvalue weighted by Crippen LogP contribution is 2.19. The van der Waals surface area contributed by atoms with Crippen LogP contribution >= 0.6 is 11.6 Å². The zero-order valence-corrected chi connectivity index (χ0v) is 12.0. The molecule has 0 spiro atoms. The van der Waals surface area contributed by atoms with Crippen molar-refractivity contribution < 1.29 is 4.79 Å². The van der Waals surface area contributed by atoms with Gasteiger partial charge in [0, 0.05) is 5.02 Å². The van der Waals surface area contributed by atoms with Gasteiger partial charge in [-0.3, -0.25) is 4.79 Å². The Morgan fingerprint density at radius 1 is 1.19 bits per heavy atom. The summed E-state index contributed by atoms with van der Waals surface area (Å²) in [6.45, 7) is 0. The molecule has 2 N–H and O–H groups in total. The van der Waals surface area contributed by atoms with Gasteiger partial charge in [-0.15, -0.1) is 0 Å². The minimum absolute atomic E-state index is 0.0612. The first kappa shape index (κ1) is 14.8. The maximum Gasteiger partial charge on any atom is 0.259 e. The van der Waals surface area contributed by atoms with Crippen molar-refractivity contribution in [1.29, 1.82) is 5.26 Å². The van der Waals surface area contributed by atoms with Crippen molar-refractivity contribution in [2.75, 3.05) is 0 Å². The fourth-order valence-corrected chi connectivity index (χ4v) is 2.12. The molecule has 0 aliphatic rings. The number of amides is 1. The predicted octanol–water partition coefficient (Wildman–Crippen LogP) is 3.32. The van der Waals surface area contributed by atoms with Crippen molar-refractivity contribution >= 4 is 23.6 Å². The monoisotopic (exact) mass is 296 g/mol. The van der Waals surface area contributed by atoms with Gasteiger partial charge in [-0.1, -0.05) is 54.1 Å². The number of benzene rings is 2. The van der Waals surface area contributed by atoms with Gasteiger partial charge in [0.1, 0.15) is 11.6 Å². The molecule has 0 aromatic heterocycles. The summed E-state index contributed by atoms with van der Waals surface area (Å²) in [6, 6.07) is 17.0. The molecule has 0 radical (unpaired) electrons. The Morgan fingerprint density at radius 2 is 1.86 bits per heavy atom. The molecule has 0 saturated heterocycles. The van der Waals surface area contributed by atoms with E-state index in [4.69, 9.17) is 22.6 Å². The summed E-state index contributed by atoms with van der Waals surface area (Å²) in [6.07, 6.45) is 2.20. The number of primary amides is 1. The number of rotatable bonds is 4. The lowest BCUT2D eigenvalue weighted by atomic mass is 10.0. The number of carbonyl (C=O) groups is 1. The number of hydrogen-bond acceptors (Lipinski definition) is 2. The van der Waals surface area contributed by atoms with Crippen LogP contribution in [0, 0.1) is 11.3 Å². The highest BCUT2D eigenvalue weighted by Gasteiger charge is 2.04. The number of carbonyl (C=O) groups excluding carboxylic acids is 1. The van der Waals surface area contributed by atoms with E-state index in [0.717, 1.165) is 28.1 Å². The van der Waals surface area contributed by atoms with Gasteiger partial charge in [0.05, 0.1) is 0 Å². The molecule has 0 saturated carbocycles. The van der Waals surface area contributed by atoms with Crippen LogP contribution in [-0.4, -0.2) is 5.91 Å². The van der Waals surface area contributed by atoms with E-state index in [9.17, 15) is 4.79 Å².